The zero-order valence-electron chi connectivity index (χ0n) is 26.7. The highest BCUT2D eigenvalue weighted by Gasteiger charge is 2.70. The van der Waals surface area contributed by atoms with Gasteiger partial charge in [0.05, 0.1) is 6.10 Å². The van der Waals surface area contributed by atoms with Gasteiger partial charge in [0.25, 0.3) is 0 Å². The minimum atomic E-state index is -0.871. The number of hydrogen-bond donors (Lipinski definition) is 1. The number of fused-ring (bicyclic) bond motifs is 7. The molecule has 7 heteroatoms. The number of carbonyl (C=O) groups is 2. The standard InChI is InChI=1S/C34H53NO6/c1-20(2)28-23(37)19-34(26(38)13-18-35(39)40)17-16-32(7)22(29(28)34)9-10-25-31(6)14-12-27(41-21(3)36)30(4,5)24(31)11-15-33(25,32)8/h20,22,24-27,38H,9-19H2,1-8H3/t22-,24+,25-,26?,27+,31+,32-,33-,34+/m1/s1. The molecule has 5 aliphatic carbocycles. The summed E-state index contributed by atoms with van der Waals surface area (Å²) in [7, 11) is 0. The molecule has 41 heavy (non-hydrogen) atoms. The Morgan fingerprint density at radius 1 is 1.00 bits per heavy atom. The van der Waals surface area contributed by atoms with E-state index in [9.17, 15) is 24.8 Å². The Morgan fingerprint density at radius 3 is 2.29 bits per heavy atom. The van der Waals surface area contributed by atoms with Crippen LogP contribution in [0.5, 0.6) is 0 Å². The first-order chi connectivity index (χ1) is 19.0. The fraction of sp³-hybridized carbons (Fsp3) is 0.882. The maximum atomic E-state index is 13.7. The van der Waals surface area contributed by atoms with Crippen LogP contribution in [-0.4, -0.2) is 40.5 Å². The average molecular weight is 572 g/mol. The monoisotopic (exact) mass is 571 g/mol. The van der Waals surface area contributed by atoms with Crippen molar-refractivity contribution in [2.75, 3.05) is 6.54 Å². The van der Waals surface area contributed by atoms with Crippen molar-refractivity contribution in [3.63, 3.8) is 0 Å². The quantitative estimate of drug-likeness (QED) is 0.211. The van der Waals surface area contributed by atoms with Gasteiger partial charge in [-0.2, -0.15) is 0 Å². The number of nitrogens with zero attached hydrogens (tertiary/aromatic N) is 1. The van der Waals surface area contributed by atoms with E-state index in [1.165, 1.54) is 12.5 Å². The molecule has 4 fully saturated rings. The lowest BCUT2D eigenvalue weighted by atomic mass is 9.33. The molecule has 0 bridgehead atoms. The number of aliphatic hydroxyl groups excluding tert-OH is 1. The van der Waals surface area contributed by atoms with Crippen molar-refractivity contribution >= 4 is 11.8 Å². The van der Waals surface area contributed by atoms with E-state index in [1.54, 1.807) is 0 Å². The molecule has 0 saturated heterocycles. The van der Waals surface area contributed by atoms with Crippen molar-refractivity contribution in [3.8, 4) is 0 Å². The second kappa shape index (κ2) is 9.89. The van der Waals surface area contributed by atoms with Crippen LogP contribution < -0.4 is 0 Å². The van der Waals surface area contributed by atoms with Crippen LogP contribution in [0.3, 0.4) is 0 Å². The molecular formula is C34H53NO6. The fourth-order valence-electron chi connectivity index (χ4n) is 12.0. The van der Waals surface area contributed by atoms with Crippen molar-refractivity contribution in [2.24, 2.45) is 50.7 Å². The molecule has 0 heterocycles. The third-order valence-corrected chi connectivity index (χ3v) is 14.0. The molecule has 7 nitrogen and oxygen atoms in total. The molecule has 5 rings (SSSR count). The molecule has 230 valence electrons. The van der Waals surface area contributed by atoms with E-state index < -0.39 is 11.5 Å². The van der Waals surface area contributed by atoms with E-state index in [0.717, 1.165) is 56.9 Å². The second-order valence-corrected chi connectivity index (χ2v) is 16.2. The summed E-state index contributed by atoms with van der Waals surface area (Å²) in [5, 5.41) is 22.8. The Balaban J connectivity index is 1.54. The lowest BCUT2D eigenvalue weighted by Gasteiger charge is -2.72. The zero-order chi connectivity index (χ0) is 30.3. The summed E-state index contributed by atoms with van der Waals surface area (Å²) in [6.45, 7) is 17.6. The van der Waals surface area contributed by atoms with E-state index in [0.29, 0.717) is 18.3 Å². The van der Waals surface area contributed by atoms with E-state index in [-0.39, 0.29) is 69.2 Å². The smallest absolute Gasteiger partial charge is 0.302 e. The average Bonchev–Trinajstić information content (AvgIpc) is 3.18. The number of ketones is 1. The molecule has 0 aromatic carbocycles. The first-order valence-corrected chi connectivity index (χ1v) is 16.2. The number of allylic oxidation sites excluding steroid dienone is 1. The van der Waals surface area contributed by atoms with Crippen LogP contribution in [0.4, 0.5) is 0 Å². The number of carbonyl (C=O) groups excluding carboxylic acids is 2. The van der Waals surface area contributed by atoms with Crippen molar-refractivity contribution in [2.45, 2.75) is 132 Å². The highest BCUT2D eigenvalue weighted by molar-refractivity contribution is 6.00. The van der Waals surface area contributed by atoms with Crippen molar-refractivity contribution in [1.82, 2.24) is 0 Å². The molecule has 1 N–H and O–H groups in total. The maximum Gasteiger partial charge on any atom is 0.302 e. The molecule has 4 saturated carbocycles. The van der Waals surface area contributed by atoms with Crippen LogP contribution >= 0.6 is 0 Å². The van der Waals surface area contributed by atoms with Crippen molar-refractivity contribution in [3.05, 3.63) is 21.3 Å². The Hall–Kier alpha value is -1.76. The van der Waals surface area contributed by atoms with Gasteiger partial charge in [0.1, 0.15) is 6.10 Å². The minimum Gasteiger partial charge on any atom is -0.462 e. The summed E-state index contributed by atoms with van der Waals surface area (Å²) in [4.78, 5) is 36.5. The van der Waals surface area contributed by atoms with Gasteiger partial charge in [-0.25, -0.2) is 0 Å². The number of aliphatic hydroxyl groups is 1. The minimum absolute atomic E-state index is 0.0206. The van der Waals surface area contributed by atoms with Gasteiger partial charge in [-0.1, -0.05) is 54.0 Å². The van der Waals surface area contributed by atoms with Crippen LogP contribution in [0, 0.1) is 60.9 Å². The summed E-state index contributed by atoms with van der Waals surface area (Å²) in [5.74, 6) is 1.23. The molecule has 1 unspecified atom stereocenters. The summed E-state index contributed by atoms with van der Waals surface area (Å²) in [6, 6.07) is 0. The number of esters is 1. The Kier molecular flexibility index (Phi) is 7.40. The van der Waals surface area contributed by atoms with Gasteiger partial charge in [-0.3, -0.25) is 19.7 Å². The van der Waals surface area contributed by atoms with E-state index in [1.807, 2.05) is 0 Å². The molecule has 0 spiro atoms. The maximum absolute atomic E-state index is 13.7. The predicted octanol–water partition coefficient (Wildman–Crippen LogP) is 6.93. The summed E-state index contributed by atoms with van der Waals surface area (Å²) in [5.41, 5.74) is 1.52. The molecule has 5 aliphatic rings. The fourth-order valence-corrected chi connectivity index (χ4v) is 12.0. The second-order valence-electron chi connectivity index (χ2n) is 16.2. The van der Waals surface area contributed by atoms with Gasteiger partial charge in [0, 0.05) is 35.5 Å². The van der Waals surface area contributed by atoms with Crippen molar-refractivity contribution < 1.29 is 24.4 Å². The molecule has 9 atom stereocenters. The number of hydrogen-bond acceptors (Lipinski definition) is 6. The highest BCUT2D eigenvalue weighted by atomic mass is 16.6. The van der Waals surface area contributed by atoms with E-state index >= 15 is 0 Å². The van der Waals surface area contributed by atoms with E-state index in [4.69, 9.17) is 4.74 Å². The highest BCUT2D eigenvalue weighted by Crippen LogP contribution is 2.77. The van der Waals surface area contributed by atoms with Crippen LogP contribution in [0.2, 0.25) is 0 Å². The number of ether oxygens (including phenoxy) is 1. The van der Waals surface area contributed by atoms with Crippen LogP contribution in [-0.2, 0) is 14.3 Å². The Morgan fingerprint density at radius 2 is 1.68 bits per heavy atom. The van der Waals surface area contributed by atoms with Gasteiger partial charge in [0.15, 0.2) is 5.78 Å². The molecule has 0 radical (unpaired) electrons. The third kappa shape index (κ3) is 4.21. The van der Waals surface area contributed by atoms with Crippen molar-refractivity contribution in [1.29, 1.82) is 0 Å². The Bertz CT molecular complexity index is 1160. The summed E-state index contributed by atoms with van der Waals surface area (Å²) < 4.78 is 5.88. The molecule has 0 aliphatic heterocycles. The first-order valence-electron chi connectivity index (χ1n) is 16.2. The number of nitro groups is 1. The molecular weight excluding hydrogens is 518 g/mol. The van der Waals surface area contributed by atoms with Gasteiger partial charge >= 0.3 is 5.97 Å². The van der Waals surface area contributed by atoms with Gasteiger partial charge < -0.3 is 9.84 Å². The molecule has 0 amide bonds. The normalized spacial score (nSPS) is 44.0. The van der Waals surface area contributed by atoms with E-state index in [2.05, 4.69) is 48.5 Å². The van der Waals surface area contributed by atoms with Crippen LogP contribution in [0.1, 0.15) is 120 Å². The van der Waals surface area contributed by atoms with Gasteiger partial charge in [-0.05, 0) is 96.9 Å². The number of rotatable bonds is 6. The topological polar surface area (TPSA) is 107 Å². The summed E-state index contributed by atoms with van der Waals surface area (Å²) >= 11 is 0. The first kappa shape index (κ1) is 30.7. The van der Waals surface area contributed by atoms with Crippen LogP contribution in [0.25, 0.3) is 0 Å². The SMILES string of the molecule is CC(=O)O[C@H]1CC[C@]2(C)[C@H]3CC[C@@H]4C5=C(C(C)C)C(=O)C[C@]5(C(O)CC[N+](=O)[O-])CC[C@@]4(C)[C@]3(C)CC[C@H]2C1(C)C. The lowest BCUT2D eigenvalue weighted by Crippen LogP contribution is -2.66. The summed E-state index contributed by atoms with van der Waals surface area (Å²) in [6.07, 6.45) is 7.37. The zero-order valence-corrected chi connectivity index (χ0v) is 26.7. The molecule has 0 aromatic rings. The third-order valence-electron chi connectivity index (χ3n) is 14.0. The Labute approximate surface area is 246 Å². The lowest BCUT2D eigenvalue weighted by molar-refractivity contribution is -0.482. The molecule has 0 aromatic heterocycles. The predicted molar refractivity (Wildman–Crippen MR) is 157 cm³/mol. The van der Waals surface area contributed by atoms with Crippen LogP contribution in [0.15, 0.2) is 11.1 Å². The van der Waals surface area contributed by atoms with Gasteiger partial charge in [-0.15, -0.1) is 0 Å². The van der Waals surface area contributed by atoms with Gasteiger partial charge in [0.2, 0.25) is 6.54 Å². The largest absolute Gasteiger partial charge is 0.462 e. The number of Topliss-reactive ketones (excluding diaryl/α,β-unsaturated/α-hetero) is 1.